The highest BCUT2D eigenvalue weighted by Crippen LogP contribution is 2.29. The van der Waals surface area contributed by atoms with E-state index in [1.54, 1.807) is 13.2 Å². The van der Waals surface area contributed by atoms with Gasteiger partial charge in [-0.05, 0) is 48.9 Å². The van der Waals surface area contributed by atoms with E-state index in [9.17, 15) is 13.2 Å². The van der Waals surface area contributed by atoms with Crippen LogP contribution in [-0.2, 0) is 19.3 Å². The summed E-state index contributed by atoms with van der Waals surface area (Å²) >= 11 is 0. The van der Waals surface area contributed by atoms with Crippen LogP contribution in [0.25, 0.3) is 11.4 Å². The van der Waals surface area contributed by atoms with Crippen LogP contribution in [0.1, 0.15) is 23.9 Å². The molecule has 1 aromatic heterocycles. The maximum atomic E-state index is 12.9. The Kier molecular flexibility index (Phi) is 9.29. The lowest BCUT2D eigenvalue weighted by atomic mass is 10.1. The first-order chi connectivity index (χ1) is 14.9. The molecule has 2 aromatic carbocycles. The first kappa shape index (κ1) is 25.4. The fourth-order valence-corrected chi connectivity index (χ4v) is 2.77. The molecule has 0 spiro atoms. The van der Waals surface area contributed by atoms with Crippen molar-refractivity contribution in [3.05, 3.63) is 65.5 Å². The Morgan fingerprint density at radius 2 is 1.88 bits per heavy atom. The summed E-state index contributed by atoms with van der Waals surface area (Å²) in [4.78, 5) is 8.80. The zero-order chi connectivity index (χ0) is 22.3. The number of nitrogens with one attached hydrogen (secondary N) is 3. The number of alkyl halides is 3. The van der Waals surface area contributed by atoms with E-state index in [1.807, 2.05) is 31.2 Å². The number of nitrogens with zero attached hydrogens (tertiary/aromatic N) is 3. The van der Waals surface area contributed by atoms with Crippen molar-refractivity contribution < 1.29 is 17.9 Å². The number of aromatic nitrogens is 3. The number of hydrogen-bond donors (Lipinski definition) is 3. The number of H-pyrrole nitrogens is 1. The Bertz CT molecular complexity index is 1020. The Hall–Kier alpha value is -2.83. The quantitative estimate of drug-likeness (QED) is 0.227. The highest BCUT2D eigenvalue weighted by atomic mass is 127. The Labute approximate surface area is 200 Å². The summed E-state index contributed by atoms with van der Waals surface area (Å²) in [5.41, 5.74) is 0.618. The van der Waals surface area contributed by atoms with Gasteiger partial charge in [-0.25, -0.2) is 9.98 Å². The van der Waals surface area contributed by atoms with Gasteiger partial charge < -0.3 is 15.4 Å². The van der Waals surface area contributed by atoms with Gasteiger partial charge in [0.25, 0.3) is 0 Å². The van der Waals surface area contributed by atoms with E-state index in [2.05, 4.69) is 30.8 Å². The van der Waals surface area contributed by atoms with Crippen molar-refractivity contribution in [1.29, 1.82) is 0 Å². The smallest absolute Gasteiger partial charge is 0.416 e. The highest BCUT2D eigenvalue weighted by molar-refractivity contribution is 14.0. The third-order valence-electron chi connectivity index (χ3n) is 4.32. The Balaban J connectivity index is 0.00000363. The van der Waals surface area contributed by atoms with Gasteiger partial charge in [-0.15, -0.1) is 24.0 Å². The van der Waals surface area contributed by atoms with Crippen molar-refractivity contribution in [3.63, 3.8) is 0 Å². The number of ether oxygens (including phenoxy) is 1. The van der Waals surface area contributed by atoms with Gasteiger partial charge in [0, 0.05) is 12.1 Å². The SMILES string of the molecule is CCNC(=NCc1cccc(C(F)(F)F)c1)NCc1nc(-c2ccc(OC)cc2)n[nH]1.I. The molecule has 172 valence electrons. The van der Waals surface area contributed by atoms with E-state index < -0.39 is 11.7 Å². The molecule has 0 saturated carbocycles. The lowest BCUT2D eigenvalue weighted by Gasteiger charge is -2.11. The summed E-state index contributed by atoms with van der Waals surface area (Å²) in [5.74, 6) is 2.34. The third-order valence-corrected chi connectivity index (χ3v) is 4.32. The molecular weight excluding hydrogens is 536 g/mol. The maximum Gasteiger partial charge on any atom is 0.416 e. The highest BCUT2D eigenvalue weighted by Gasteiger charge is 2.30. The van der Waals surface area contributed by atoms with Gasteiger partial charge in [0.2, 0.25) is 0 Å². The van der Waals surface area contributed by atoms with Crippen molar-refractivity contribution >= 4 is 29.9 Å². The largest absolute Gasteiger partial charge is 0.497 e. The zero-order valence-corrected chi connectivity index (χ0v) is 19.9. The molecule has 0 saturated heterocycles. The second kappa shape index (κ2) is 11.7. The van der Waals surface area contributed by atoms with Crippen LogP contribution in [0.4, 0.5) is 13.2 Å². The number of methoxy groups -OCH3 is 1. The molecule has 3 rings (SSSR count). The molecule has 0 aliphatic heterocycles. The van der Waals surface area contributed by atoms with Crippen molar-refractivity contribution in [2.75, 3.05) is 13.7 Å². The summed E-state index contributed by atoms with van der Waals surface area (Å²) in [6.07, 6.45) is -4.38. The van der Waals surface area contributed by atoms with Crippen molar-refractivity contribution in [3.8, 4) is 17.1 Å². The number of guanidine groups is 1. The molecule has 0 aliphatic carbocycles. The Morgan fingerprint density at radius 1 is 1.12 bits per heavy atom. The van der Waals surface area contributed by atoms with Gasteiger partial charge in [-0.1, -0.05) is 12.1 Å². The van der Waals surface area contributed by atoms with Gasteiger partial charge in [0.05, 0.1) is 25.8 Å². The maximum absolute atomic E-state index is 12.9. The number of aromatic amines is 1. The predicted octanol–water partition coefficient (Wildman–Crippen LogP) is 4.37. The molecule has 1 heterocycles. The molecule has 0 atom stereocenters. The minimum absolute atomic E-state index is 0. The van der Waals surface area contributed by atoms with E-state index in [4.69, 9.17) is 4.74 Å². The van der Waals surface area contributed by atoms with Gasteiger partial charge in [-0.3, -0.25) is 5.10 Å². The van der Waals surface area contributed by atoms with Crippen LogP contribution in [-0.4, -0.2) is 34.8 Å². The molecular formula is C21H24F3IN6O. The molecule has 0 fully saturated rings. The first-order valence-electron chi connectivity index (χ1n) is 9.63. The first-order valence-corrected chi connectivity index (χ1v) is 9.63. The van der Waals surface area contributed by atoms with E-state index >= 15 is 0 Å². The van der Waals surface area contributed by atoms with Crippen molar-refractivity contribution in [2.45, 2.75) is 26.2 Å². The molecule has 0 unspecified atom stereocenters. The minimum atomic E-state index is -4.38. The van der Waals surface area contributed by atoms with Gasteiger partial charge in [0.1, 0.15) is 11.6 Å². The lowest BCUT2D eigenvalue weighted by Crippen LogP contribution is -2.37. The summed E-state index contributed by atoms with van der Waals surface area (Å²) in [6, 6.07) is 12.5. The molecule has 0 aliphatic rings. The predicted molar refractivity (Wildman–Crippen MR) is 127 cm³/mol. The van der Waals surface area contributed by atoms with Gasteiger partial charge in [0.15, 0.2) is 11.8 Å². The molecule has 32 heavy (non-hydrogen) atoms. The average molecular weight is 560 g/mol. The number of hydrogen-bond acceptors (Lipinski definition) is 4. The summed E-state index contributed by atoms with van der Waals surface area (Å²) in [7, 11) is 1.60. The number of rotatable bonds is 7. The summed E-state index contributed by atoms with van der Waals surface area (Å²) in [5, 5.41) is 13.2. The molecule has 3 N–H and O–H groups in total. The molecule has 3 aromatic rings. The van der Waals surface area contributed by atoms with Crippen LogP contribution in [0.3, 0.4) is 0 Å². The van der Waals surface area contributed by atoms with E-state index in [-0.39, 0.29) is 30.5 Å². The van der Waals surface area contributed by atoms with Crippen molar-refractivity contribution in [1.82, 2.24) is 25.8 Å². The van der Waals surface area contributed by atoms with Crippen LogP contribution >= 0.6 is 24.0 Å². The fourth-order valence-electron chi connectivity index (χ4n) is 2.77. The monoisotopic (exact) mass is 560 g/mol. The number of aliphatic imine (C=N–C) groups is 1. The third kappa shape index (κ3) is 7.11. The van der Waals surface area contributed by atoms with Crippen LogP contribution in [0.15, 0.2) is 53.5 Å². The van der Waals surface area contributed by atoms with E-state index in [1.165, 1.54) is 6.07 Å². The fraction of sp³-hybridized carbons (Fsp3) is 0.286. The molecule has 11 heteroatoms. The van der Waals surface area contributed by atoms with Crippen molar-refractivity contribution in [2.24, 2.45) is 4.99 Å². The summed E-state index contributed by atoms with van der Waals surface area (Å²) in [6.45, 7) is 2.92. The summed E-state index contributed by atoms with van der Waals surface area (Å²) < 4.78 is 43.8. The van der Waals surface area contributed by atoms with Crippen LogP contribution < -0.4 is 15.4 Å². The minimum Gasteiger partial charge on any atom is -0.497 e. The van der Waals surface area contributed by atoms with Gasteiger partial charge >= 0.3 is 6.18 Å². The lowest BCUT2D eigenvalue weighted by molar-refractivity contribution is -0.137. The van der Waals surface area contributed by atoms with Crippen LogP contribution in [0.2, 0.25) is 0 Å². The van der Waals surface area contributed by atoms with E-state index in [0.717, 1.165) is 23.4 Å². The van der Waals surface area contributed by atoms with E-state index in [0.29, 0.717) is 36.3 Å². The number of halogens is 4. The van der Waals surface area contributed by atoms with Gasteiger partial charge in [-0.2, -0.15) is 18.3 Å². The Morgan fingerprint density at radius 3 is 2.53 bits per heavy atom. The molecule has 7 nitrogen and oxygen atoms in total. The normalized spacial score (nSPS) is 11.6. The molecule has 0 radical (unpaired) electrons. The van der Waals surface area contributed by atoms with Crippen LogP contribution in [0.5, 0.6) is 5.75 Å². The second-order valence-electron chi connectivity index (χ2n) is 6.58. The average Bonchev–Trinajstić information content (AvgIpc) is 3.24. The topological polar surface area (TPSA) is 87.2 Å². The number of benzene rings is 2. The molecule has 0 amide bonds. The zero-order valence-electron chi connectivity index (χ0n) is 17.5. The van der Waals surface area contributed by atoms with Crippen LogP contribution in [0, 0.1) is 0 Å². The standard InChI is InChI=1S/C21H23F3N6O.HI/c1-3-25-20(26-12-14-5-4-6-16(11-14)21(22,23)24)27-13-18-28-19(30-29-18)15-7-9-17(31-2)10-8-15;/h4-11H,3,12-13H2,1-2H3,(H2,25,26,27)(H,28,29,30);1H. The molecule has 0 bridgehead atoms. The second-order valence-corrected chi connectivity index (χ2v) is 6.58.